The van der Waals surface area contributed by atoms with E-state index in [4.69, 9.17) is 52.8 Å². The van der Waals surface area contributed by atoms with Gasteiger partial charge in [0.05, 0.1) is 132 Å². The first-order valence-corrected chi connectivity index (χ1v) is 11.3. The standard InChI is InChI=1S/C21H44O11/c1-21(23)20-32-19-18-31-17-16-30-15-14-29-13-12-28-11-10-27-9-8-26-7-6-25-5-4-24-3-2-22/h21-23H,2-20H2,1H3. The number of rotatable bonds is 28. The van der Waals surface area contributed by atoms with Gasteiger partial charge in [0, 0.05) is 0 Å². The Kier molecular flexibility index (Phi) is 28.2. The minimum absolute atomic E-state index is 0.0275. The molecule has 0 amide bonds. The van der Waals surface area contributed by atoms with Crippen LogP contribution in [-0.4, -0.2) is 142 Å². The van der Waals surface area contributed by atoms with Gasteiger partial charge in [-0.1, -0.05) is 0 Å². The average molecular weight is 473 g/mol. The average Bonchev–Trinajstić information content (AvgIpc) is 2.78. The maximum Gasteiger partial charge on any atom is 0.0745 e. The van der Waals surface area contributed by atoms with Gasteiger partial charge in [0.1, 0.15) is 0 Å². The largest absolute Gasteiger partial charge is 0.394 e. The van der Waals surface area contributed by atoms with Crippen molar-refractivity contribution >= 4 is 0 Å². The van der Waals surface area contributed by atoms with Crippen LogP contribution in [-0.2, 0) is 42.6 Å². The molecule has 0 aromatic rings. The van der Waals surface area contributed by atoms with E-state index in [2.05, 4.69) is 0 Å². The van der Waals surface area contributed by atoms with E-state index < -0.39 is 6.10 Å². The molecule has 0 spiro atoms. The monoisotopic (exact) mass is 472 g/mol. The normalized spacial score (nSPS) is 12.5. The zero-order chi connectivity index (χ0) is 23.4. The number of aliphatic hydroxyl groups excluding tert-OH is 2. The van der Waals surface area contributed by atoms with E-state index in [1.807, 2.05) is 0 Å². The molecule has 0 heterocycles. The van der Waals surface area contributed by atoms with Crippen LogP contribution in [0.2, 0.25) is 0 Å². The molecule has 32 heavy (non-hydrogen) atoms. The fourth-order valence-electron chi connectivity index (χ4n) is 2.08. The summed E-state index contributed by atoms with van der Waals surface area (Å²) in [7, 11) is 0. The van der Waals surface area contributed by atoms with Gasteiger partial charge in [-0.2, -0.15) is 0 Å². The Morgan fingerprint density at radius 2 is 0.625 bits per heavy atom. The second-order valence-corrected chi connectivity index (χ2v) is 6.55. The van der Waals surface area contributed by atoms with E-state index in [-0.39, 0.29) is 6.61 Å². The fraction of sp³-hybridized carbons (Fsp3) is 1.00. The van der Waals surface area contributed by atoms with Crippen molar-refractivity contribution < 1.29 is 52.8 Å². The second kappa shape index (κ2) is 28.6. The van der Waals surface area contributed by atoms with Crippen LogP contribution in [0.15, 0.2) is 0 Å². The molecule has 0 fully saturated rings. The van der Waals surface area contributed by atoms with Gasteiger partial charge in [-0.3, -0.25) is 0 Å². The lowest BCUT2D eigenvalue weighted by molar-refractivity contribution is -0.0275. The topological polar surface area (TPSA) is 124 Å². The smallest absolute Gasteiger partial charge is 0.0745 e. The molecule has 0 aliphatic carbocycles. The molecule has 0 rings (SSSR count). The first-order valence-electron chi connectivity index (χ1n) is 11.3. The molecule has 194 valence electrons. The Morgan fingerprint density at radius 1 is 0.406 bits per heavy atom. The molecule has 0 aliphatic heterocycles. The van der Waals surface area contributed by atoms with Gasteiger partial charge in [-0.15, -0.1) is 0 Å². The molecule has 0 bridgehead atoms. The van der Waals surface area contributed by atoms with Crippen molar-refractivity contribution in [2.45, 2.75) is 13.0 Å². The Labute approximate surface area is 192 Å². The van der Waals surface area contributed by atoms with Crippen LogP contribution in [0.5, 0.6) is 0 Å². The molecule has 0 aliphatic rings. The Hall–Kier alpha value is -0.440. The van der Waals surface area contributed by atoms with E-state index in [9.17, 15) is 0 Å². The van der Waals surface area contributed by atoms with E-state index >= 15 is 0 Å². The third-order valence-corrected chi connectivity index (χ3v) is 3.57. The summed E-state index contributed by atoms with van der Waals surface area (Å²) in [6, 6.07) is 0. The Morgan fingerprint density at radius 3 is 0.844 bits per heavy atom. The van der Waals surface area contributed by atoms with E-state index in [1.54, 1.807) is 6.92 Å². The van der Waals surface area contributed by atoms with E-state index in [1.165, 1.54) is 0 Å². The van der Waals surface area contributed by atoms with Crippen molar-refractivity contribution in [2.75, 3.05) is 126 Å². The number of ether oxygens (including phenoxy) is 9. The van der Waals surface area contributed by atoms with Gasteiger partial charge < -0.3 is 52.8 Å². The highest BCUT2D eigenvalue weighted by Gasteiger charge is 1.96. The quantitative estimate of drug-likeness (QED) is 0.143. The highest BCUT2D eigenvalue weighted by molar-refractivity contribution is 4.41. The minimum Gasteiger partial charge on any atom is -0.394 e. The summed E-state index contributed by atoms with van der Waals surface area (Å²) in [5.74, 6) is 0. The van der Waals surface area contributed by atoms with Gasteiger partial charge >= 0.3 is 0 Å². The van der Waals surface area contributed by atoms with Crippen LogP contribution in [0, 0.1) is 0 Å². The summed E-state index contributed by atoms with van der Waals surface area (Å²) >= 11 is 0. The highest BCUT2D eigenvalue weighted by Crippen LogP contribution is 1.87. The number of aliphatic hydroxyl groups is 2. The van der Waals surface area contributed by atoms with Crippen molar-refractivity contribution in [3.63, 3.8) is 0 Å². The summed E-state index contributed by atoms with van der Waals surface area (Å²) in [5.41, 5.74) is 0. The van der Waals surface area contributed by atoms with E-state index in [0.717, 1.165) is 0 Å². The van der Waals surface area contributed by atoms with Crippen LogP contribution < -0.4 is 0 Å². The molecular weight excluding hydrogens is 428 g/mol. The van der Waals surface area contributed by atoms with Crippen LogP contribution in [0.4, 0.5) is 0 Å². The van der Waals surface area contributed by atoms with Gasteiger partial charge in [0.25, 0.3) is 0 Å². The number of hydrogen-bond donors (Lipinski definition) is 2. The maximum absolute atomic E-state index is 9.02. The van der Waals surface area contributed by atoms with Crippen molar-refractivity contribution in [3.05, 3.63) is 0 Å². The van der Waals surface area contributed by atoms with Crippen LogP contribution in [0.1, 0.15) is 6.92 Å². The Balaban J connectivity index is 3.00. The molecule has 0 saturated carbocycles. The molecule has 0 radical (unpaired) electrons. The lowest BCUT2D eigenvalue weighted by Gasteiger charge is -2.09. The minimum atomic E-state index is -0.449. The molecular formula is C21H44O11. The van der Waals surface area contributed by atoms with Gasteiger partial charge in [0.2, 0.25) is 0 Å². The van der Waals surface area contributed by atoms with Crippen molar-refractivity contribution in [1.82, 2.24) is 0 Å². The van der Waals surface area contributed by atoms with E-state index in [0.29, 0.717) is 119 Å². The molecule has 11 nitrogen and oxygen atoms in total. The van der Waals surface area contributed by atoms with Crippen LogP contribution >= 0.6 is 0 Å². The highest BCUT2D eigenvalue weighted by atomic mass is 16.6. The summed E-state index contributed by atoms with van der Waals surface area (Å²) in [6.45, 7) is 10.4. The van der Waals surface area contributed by atoms with Gasteiger partial charge in [-0.05, 0) is 6.92 Å². The summed E-state index contributed by atoms with van der Waals surface area (Å²) in [6.07, 6.45) is -0.449. The van der Waals surface area contributed by atoms with Crippen molar-refractivity contribution in [1.29, 1.82) is 0 Å². The predicted molar refractivity (Wildman–Crippen MR) is 116 cm³/mol. The molecule has 2 N–H and O–H groups in total. The third-order valence-electron chi connectivity index (χ3n) is 3.57. The molecule has 0 aromatic heterocycles. The predicted octanol–water partition coefficient (Wildman–Crippen LogP) is -0.491. The zero-order valence-electron chi connectivity index (χ0n) is 19.6. The fourth-order valence-corrected chi connectivity index (χ4v) is 2.08. The van der Waals surface area contributed by atoms with Crippen LogP contribution in [0.25, 0.3) is 0 Å². The SMILES string of the molecule is CC(O)COCCOCCOCCOCCOCCOCCOCCOCCOCCO. The van der Waals surface area contributed by atoms with Crippen LogP contribution in [0.3, 0.4) is 0 Å². The molecule has 0 saturated heterocycles. The Bertz CT molecular complexity index is 335. The lowest BCUT2D eigenvalue weighted by Crippen LogP contribution is -2.16. The zero-order valence-corrected chi connectivity index (χ0v) is 19.6. The second-order valence-electron chi connectivity index (χ2n) is 6.55. The summed E-state index contributed by atoms with van der Waals surface area (Å²) in [4.78, 5) is 0. The third kappa shape index (κ3) is 29.6. The molecule has 11 heteroatoms. The number of hydrogen-bond acceptors (Lipinski definition) is 11. The lowest BCUT2D eigenvalue weighted by atomic mass is 10.4. The van der Waals surface area contributed by atoms with Gasteiger partial charge in [0.15, 0.2) is 0 Å². The first-order chi connectivity index (χ1) is 15.8. The molecule has 1 unspecified atom stereocenters. The molecule has 1 atom stereocenters. The van der Waals surface area contributed by atoms with Crippen molar-refractivity contribution in [2.24, 2.45) is 0 Å². The first kappa shape index (κ1) is 31.6. The molecule has 0 aromatic carbocycles. The van der Waals surface area contributed by atoms with Gasteiger partial charge in [-0.25, -0.2) is 0 Å². The van der Waals surface area contributed by atoms with Crippen molar-refractivity contribution in [3.8, 4) is 0 Å². The maximum atomic E-state index is 9.02. The summed E-state index contributed by atoms with van der Waals surface area (Å²) < 4.78 is 47.9. The summed E-state index contributed by atoms with van der Waals surface area (Å²) in [5, 5.41) is 17.6.